The Morgan fingerprint density at radius 1 is 0.971 bits per heavy atom. The third-order valence-electron chi connectivity index (χ3n) is 6.61. The maximum atomic E-state index is 6.12. The number of benzene rings is 2. The molecular formula is C28H37N3O3. The highest BCUT2D eigenvalue weighted by molar-refractivity contribution is 5.28. The van der Waals surface area contributed by atoms with E-state index in [0.717, 1.165) is 63.4 Å². The highest BCUT2D eigenvalue weighted by atomic mass is 16.5. The fraction of sp³-hybridized carbons (Fsp3) is 0.464. The van der Waals surface area contributed by atoms with E-state index in [4.69, 9.17) is 14.2 Å². The fourth-order valence-corrected chi connectivity index (χ4v) is 4.48. The molecule has 1 aromatic heterocycles. The third kappa shape index (κ3) is 7.08. The maximum Gasteiger partial charge on any atom is 0.119 e. The normalized spacial score (nSPS) is 19.0. The summed E-state index contributed by atoms with van der Waals surface area (Å²) in [5, 5.41) is 4.23. The number of ether oxygens (including phenoxy) is 3. The summed E-state index contributed by atoms with van der Waals surface area (Å²) >= 11 is 0. The summed E-state index contributed by atoms with van der Waals surface area (Å²) in [4.78, 5) is 2.52. The number of hydrogen-bond acceptors (Lipinski definition) is 5. The lowest BCUT2D eigenvalue weighted by Gasteiger charge is -2.31. The van der Waals surface area contributed by atoms with E-state index in [1.807, 2.05) is 42.3 Å². The summed E-state index contributed by atoms with van der Waals surface area (Å²) < 4.78 is 20.1. The van der Waals surface area contributed by atoms with Crippen LogP contribution in [0.2, 0.25) is 0 Å². The molecule has 0 radical (unpaired) electrons. The molecule has 1 aliphatic rings. The monoisotopic (exact) mass is 463 g/mol. The van der Waals surface area contributed by atoms with Crippen LogP contribution in [0.15, 0.2) is 67.0 Å². The molecule has 1 unspecified atom stereocenters. The number of rotatable bonds is 11. The van der Waals surface area contributed by atoms with Crippen LogP contribution >= 0.6 is 0 Å². The van der Waals surface area contributed by atoms with E-state index >= 15 is 0 Å². The van der Waals surface area contributed by atoms with Crippen LogP contribution in [0, 0.1) is 6.92 Å². The third-order valence-corrected chi connectivity index (χ3v) is 6.61. The number of aromatic nitrogens is 2. The van der Waals surface area contributed by atoms with E-state index in [9.17, 15) is 0 Å². The molecule has 0 amide bonds. The van der Waals surface area contributed by atoms with Gasteiger partial charge in [-0.15, -0.1) is 0 Å². The fourth-order valence-electron chi connectivity index (χ4n) is 4.48. The van der Waals surface area contributed by atoms with Crippen molar-refractivity contribution in [1.82, 2.24) is 14.7 Å². The molecule has 182 valence electrons. The average Bonchev–Trinajstić information content (AvgIpc) is 3.30. The van der Waals surface area contributed by atoms with Gasteiger partial charge in [0.2, 0.25) is 0 Å². The molecule has 6 heteroatoms. The Kier molecular flexibility index (Phi) is 8.61. The van der Waals surface area contributed by atoms with E-state index in [1.54, 1.807) is 6.20 Å². The van der Waals surface area contributed by atoms with Crippen molar-refractivity contribution in [2.75, 3.05) is 33.4 Å². The summed E-state index contributed by atoms with van der Waals surface area (Å²) in [6.07, 6.45) is 7.77. The smallest absolute Gasteiger partial charge is 0.119 e. The minimum absolute atomic E-state index is 0.237. The van der Waals surface area contributed by atoms with Crippen LogP contribution in [0.5, 0.6) is 11.5 Å². The van der Waals surface area contributed by atoms with Crippen molar-refractivity contribution < 1.29 is 14.2 Å². The minimum Gasteiger partial charge on any atom is -0.494 e. The van der Waals surface area contributed by atoms with Crippen molar-refractivity contribution in [3.8, 4) is 11.5 Å². The Morgan fingerprint density at radius 2 is 1.85 bits per heavy atom. The van der Waals surface area contributed by atoms with Crippen LogP contribution in [0.1, 0.15) is 36.8 Å². The molecule has 0 N–H and O–H groups in total. The summed E-state index contributed by atoms with van der Waals surface area (Å²) in [6.45, 7) is 7.20. The number of aryl methyl sites for hydroxylation is 2. The molecule has 2 heterocycles. The van der Waals surface area contributed by atoms with E-state index in [0.29, 0.717) is 13.2 Å². The first-order valence-electron chi connectivity index (χ1n) is 12.3. The first-order chi connectivity index (χ1) is 16.6. The molecule has 1 fully saturated rings. The van der Waals surface area contributed by atoms with Crippen molar-refractivity contribution in [2.45, 2.75) is 51.3 Å². The zero-order valence-electron chi connectivity index (χ0n) is 20.5. The topological polar surface area (TPSA) is 48.8 Å². The van der Waals surface area contributed by atoms with Crippen LogP contribution in [0.25, 0.3) is 0 Å². The van der Waals surface area contributed by atoms with Gasteiger partial charge < -0.3 is 14.2 Å². The van der Waals surface area contributed by atoms with Gasteiger partial charge in [-0.2, -0.15) is 5.10 Å². The summed E-state index contributed by atoms with van der Waals surface area (Å²) in [7, 11) is 1.82. The van der Waals surface area contributed by atoms with Gasteiger partial charge in [0, 0.05) is 45.6 Å². The molecular weight excluding hydrogens is 426 g/mol. The van der Waals surface area contributed by atoms with Gasteiger partial charge >= 0.3 is 0 Å². The van der Waals surface area contributed by atoms with Gasteiger partial charge in [-0.25, -0.2) is 0 Å². The lowest BCUT2D eigenvalue weighted by atomic mass is 9.95. The zero-order chi connectivity index (χ0) is 23.6. The number of nitrogens with zero attached hydrogens (tertiary/aromatic N) is 3. The van der Waals surface area contributed by atoms with E-state index < -0.39 is 0 Å². The van der Waals surface area contributed by atoms with Crippen molar-refractivity contribution in [1.29, 1.82) is 0 Å². The first kappa shape index (κ1) is 24.3. The Balaban J connectivity index is 1.25. The number of hydrogen-bond donors (Lipinski definition) is 0. The molecule has 0 saturated carbocycles. The van der Waals surface area contributed by atoms with Gasteiger partial charge in [-0.05, 0) is 68.6 Å². The van der Waals surface area contributed by atoms with E-state index in [1.165, 1.54) is 11.1 Å². The van der Waals surface area contributed by atoms with Crippen molar-refractivity contribution in [3.63, 3.8) is 0 Å². The lowest BCUT2D eigenvalue weighted by molar-refractivity contribution is -0.0541. The van der Waals surface area contributed by atoms with E-state index in [-0.39, 0.29) is 5.60 Å². The van der Waals surface area contributed by atoms with Gasteiger partial charge in [0.05, 0.1) is 6.61 Å². The highest BCUT2D eigenvalue weighted by Gasteiger charge is 2.33. The molecule has 0 spiro atoms. The highest BCUT2D eigenvalue weighted by Crippen LogP contribution is 2.28. The Hall–Kier alpha value is -2.83. The first-order valence-corrected chi connectivity index (χ1v) is 12.3. The predicted octanol–water partition coefficient (Wildman–Crippen LogP) is 5.11. The molecule has 1 saturated heterocycles. The molecule has 0 bridgehead atoms. The SMILES string of the molecule is COC1(COc2ccc(C)cc2)CCCN(Cc2cccc(OCCCn3cccn3)c2)CC1. The second kappa shape index (κ2) is 12.0. The summed E-state index contributed by atoms with van der Waals surface area (Å²) in [6, 6.07) is 18.7. The van der Waals surface area contributed by atoms with Gasteiger partial charge in [0.15, 0.2) is 0 Å². The Bertz CT molecular complexity index is 990. The molecule has 2 aromatic carbocycles. The largest absolute Gasteiger partial charge is 0.494 e. The van der Waals surface area contributed by atoms with Crippen LogP contribution in [-0.4, -0.2) is 53.7 Å². The van der Waals surface area contributed by atoms with E-state index in [2.05, 4.69) is 47.3 Å². The van der Waals surface area contributed by atoms with Gasteiger partial charge in [0.25, 0.3) is 0 Å². The second-order valence-electron chi connectivity index (χ2n) is 9.24. The van der Waals surface area contributed by atoms with Crippen molar-refractivity contribution in [2.24, 2.45) is 0 Å². The van der Waals surface area contributed by atoms with Crippen LogP contribution in [-0.2, 0) is 17.8 Å². The minimum atomic E-state index is -0.237. The standard InChI is InChI=1S/C28H37N3O3/c1-24-9-11-26(12-10-24)34-23-28(32-2)13-4-16-30(19-14-28)22-25-7-3-8-27(21-25)33-20-6-18-31-17-5-15-29-31/h3,5,7-12,15,17,21H,4,6,13-14,16,18-20,22-23H2,1-2H3. The molecule has 6 nitrogen and oxygen atoms in total. The molecule has 1 atom stereocenters. The number of likely N-dealkylation sites (tertiary alicyclic amines) is 1. The average molecular weight is 464 g/mol. The van der Waals surface area contributed by atoms with Crippen molar-refractivity contribution in [3.05, 3.63) is 78.1 Å². The Labute approximate surface area is 203 Å². The summed E-state index contributed by atoms with van der Waals surface area (Å²) in [5.41, 5.74) is 2.28. The molecule has 3 aromatic rings. The lowest BCUT2D eigenvalue weighted by Crippen LogP contribution is -2.39. The molecule has 1 aliphatic heterocycles. The predicted molar refractivity (Wildman–Crippen MR) is 134 cm³/mol. The zero-order valence-corrected chi connectivity index (χ0v) is 20.5. The Morgan fingerprint density at radius 3 is 2.65 bits per heavy atom. The van der Waals surface area contributed by atoms with Gasteiger partial charge in [-0.1, -0.05) is 29.8 Å². The number of methoxy groups -OCH3 is 1. The van der Waals surface area contributed by atoms with Gasteiger partial charge in [-0.3, -0.25) is 9.58 Å². The van der Waals surface area contributed by atoms with Gasteiger partial charge in [0.1, 0.15) is 23.7 Å². The van der Waals surface area contributed by atoms with Crippen LogP contribution < -0.4 is 9.47 Å². The summed E-state index contributed by atoms with van der Waals surface area (Å²) in [5.74, 6) is 1.84. The molecule has 34 heavy (non-hydrogen) atoms. The van der Waals surface area contributed by atoms with Crippen LogP contribution in [0.4, 0.5) is 0 Å². The molecule has 0 aliphatic carbocycles. The quantitative estimate of drug-likeness (QED) is 0.370. The second-order valence-corrected chi connectivity index (χ2v) is 9.24. The molecule has 4 rings (SSSR count). The van der Waals surface area contributed by atoms with Crippen LogP contribution in [0.3, 0.4) is 0 Å². The maximum absolute atomic E-state index is 6.12. The van der Waals surface area contributed by atoms with Crippen molar-refractivity contribution >= 4 is 0 Å².